The Morgan fingerprint density at radius 1 is 1.21 bits per heavy atom. The first-order valence-electron chi connectivity index (χ1n) is 4.04. The summed E-state index contributed by atoms with van der Waals surface area (Å²) in [6.45, 7) is 6.51. The van der Waals surface area contributed by atoms with Crippen LogP contribution < -0.4 is 0 Å². The Balaban J connectivity index is 0.000000171. The molecule has 0 amide bonds. The molecule has 1 aromatic heterocycles. The lowest BCUT2D eigenvalue weighted by Crippen LogP contribution is -1.61. The van der Waals surface area contributed by atoms with Crippen molar-refractivity contribution in [2.24, 2.45) is 0 Å². The van der Waals surface area contributed by atoms with Crippen molar-refractivity contribution >= 4 is 21.6 Å². The monoisotopic (exact) mass is 205 g/mol. The number of thiazole rings is 1. The molecule has 1 heterocycles. The van der Waals surface area contributed by atoms with E-state index in [0.717, 1.165) is 5.52 Å². The highest BCUT2D eigenvalue weighted by molar-refractivity contribution is 7.16. The lowest BCUT2D eigenvalue weighted by atomic mass is 10.3. The predicted octanol–water partition coefficient (Wildman–Crippen LogP) is 3.59. The van der Waals surface area contributed by atoms with E-state index in [-0.39, 0.29) is 0 Å². The van der Waals surface area contributed by atoms with Crippen LogP contribution in [0.5, 0.6) is 0 Å². The van der Waals surface area contributed by atoms with Gasteiger partial charge in [0.05, 0.1) is 28.3 Å². The summed E-state index contributed by atoms with van der Waals surface area (Å²) in [7, 11) is 0. The standard InChI is InChI=1S/C7H5NS.C4H6O/c1-2-4-7-6(3-1)8-5-9-7;1-3-5-4-2/h1-5H;3-4H,1-2H2. The Morgan fingerprint density at radius 3 is 2.50 bits per heavy atom. The molecule has 72 valence electrons. The first kappa shape index (κ1) is 10.5. The number of nitrogens with zero attached hydrogens (tertiary/aromatic N) is 1. The van der Waals surface area contributed by atoms with Gasteiger partial charge in [0.25, 0.3) is 0 Å². The molecular formula is C11H11NOS. The Hall–Kier alpha value is -1.61. The number of benzene rings is 1. The Labute approximate surface area is 87.2 Å². The molecule has 0 saturated carbocycles. The van der Waals surface area contributed by atoms with Gasteiger partial charge in [-0.25, -0.2) is 4.98 Å². The van der Waals surface area contributed by atoms with Crippen molar-refractivity contribution in [1.82, 2.24) is 4.98 Å². The van der Waals surface area contributed by atoms with E-state index in [4.69, 9.17) is 0 Å². The fraction of sp³-hybridized carbons (Fsp3) is 0. The molecule has 2 nitrogen and oxygen atoms in total. The molecule has 0 atom stereocenters. The van der Waals surface area contributed by atoms with Crippen molar-refractivity contribution in [2.75, 3.05) is 0 Å². The number of hydrogen-bond donors (Lipinski definition) is 0. The maximum atomic E-state index is 4.36. The first-order chi connectivity index (χ1) is 6.88. The minimum absolute atomic E-state index is 1.10. The van der Waals surface area contributed by atoms with E-state index < -0.39 is 0 Å². The van der Waals surface area contributed by atoms with Crippen molar-refractivity contribution in [3.05, 3.63) is 55.5 Å². The number of aromatic nitrogens is 1. The van der Waals surface area contributed by atoms with Crippen LogP contribution in [0, 0.1) is 0 Å². The molecule has 0 bridgehead atoms. The van der Waals surface area contributed by atoms with Crippen LogP contribution in [0.25, 0.3) is 10.2 Å². The van der Waals surface area contributed by atoms with E-state index in [1.807, 2.05) is 23.7 Å². The van der Waals surface area contributed by atoms with Crippen molar-refractivity contribution < 1.29 is 4.74 Å². The van der Waals surface area contributed by atoms with Gasteiger partial charge in [0.15, 0.2) is 0 Å². The molecule has 0 aliphatic rings. The number of ether oxygens (including phenoxy) is 1. The lowest BCUT2D eigenvalue weighted by molar-refractivity contribution is 0.406. The van der Waals surface area contributed by atoms with Crippen LogP contribution in [0.4, 0.5) is 0 Å². The van der Waals surface area contributed by atoms with Crippen LogP contribution in [0.2, 0.25) is 0 Å². The molecule has 2 rings (SSSR count). The molecule has 0 aliphatic carbocycles. The maximum Gasteiger partial charge on any atom is 0.0829 e. The zero-order chi connectivity index (χ0) is 10.2. The van der Waals surface area contributed by atoms with E-state index >= 15 is 0 Å². The smallest absolute Gasteiger partial charge is 0.0829 e. The minimum atomic E-state index is 1.10. The predicted molar refractivity (Wildman–Crippen MR) is 61.1 cm³/mol. The molecule has 14 heavy (non-hydrogen) atoms. The van der Waals surface area contributed by atoms with Gasteiger partial charge < -0.3 is 4.74 Å². The van der Waals surface area contributed by atoms with Gasteiger partial charge in [-0.05, 0) is 12.1 Å². The van der Waals surface area contributed by atoms with Crippen LogP contribution in [0.3, 0.4) is 0 Å². The fourth-order valence-electron chi connectivity index (χ4n) is 0.871. The minimum Gasteiger partial charge on any atom is -0.474 e. The average Bonchev–Trinajstić information content (AvgIpc) is 2.67. The summed E-state index contributed by atoms with van der Waals surface area (Å²) in [5.41, 5.74) is 2.97. The SMILES string of the molecule is C=COC=C.c1ccc2scnc2c1. The van der Waals surface area contributed by atoms with Crippen molar-refractivity contribution in [3.8, 4) is 0 Å². The van der Waals surface area contributed by atoms with Gasteiger partial charge in [-0.3, -0.25) is 0 Å². The quantitative estimate of drug-likeness (QED) is 0.699. The molecule has 0 unspecified atom stereocenters. The molecule has 0 fully saturated rings. The summed E-state index contributed by atoms with van der Waals surface area (Å²) in [6, 6.07) is 8.13. The summed E-state index contributed by atoms with van der Waals surface area (Å²) >= 11 is 1.68. The second kappa shape index (κ2) is 5.94. The van der Waals surface area contributed by atoms with Crippen molar-refractivity contribution in [1.29, 1.82) is 0 Å². The Bertz CT molecular complexity index is 372. The summed E-state index contributed by atoms with van der Waals surface area (Å²) < 4.78 is 5.62. The number of hydrogen-bond acceptors (Lipinski definition) is 3. The topological polar surface area (TPSA) is 22.1 Å². The third-order valence-electron chi connectivity index (χ3n) is 1.43. The molecule has 0 saturated heterocycles. The normalized spacial score (nSPS) is 8.57. The largest absolute Gasteiger partial charge is 0.474 e. The maximum absolute atomic E-state index is 4.36. The van der Waals surface area contributed by atoms with E-state index in [9.17, 15) is 0 Å². The lowest BCUT2D eigenvalue weighted by Gasteiger charge is -1.80. The highest BCUT2D eigenvalue weighted by Crippen LogP contribution is 2.15. The third-order valence-corrected chi connectivity index (χ3v) is 2.24. The summed E-state index contributed by atoms with van der Waals surface area (Å²) in [5, 5.41) is 0. The van der Waals surface area contributed by atoms with Crippen LogP contribution in [0.15, 0.2) is 55.5 Å². The molecule has 1 aromatic carbocycles. The second-order valence-corrected chi connectivity index (χ2v) is 3.18. The zero-order valence-corrected chi connectivity index (χ0v) is 8.54. The molecule has 0 N–H and O–H groups in total. The number of fused-ring (bicyclic) bond motifs is 1. The van der Waals surface area contributed by atoms with E-state index in [1.54, 1.807) is 11.3 Å². The molecule has 0 radical (unpaired) electrons. The Morgan fingerprint density at radius 2 is 1.93 bits per heavy atom. The fourth-order valence-corrected chi connectivity index (χ4v) is 1.55. The van der Waals surface area contributed by atoms with Crippen LogP contribution in [0.1, 0.15) is 0 Å². The van der Waals surface area contributed by atoms with Crippen molar-refractivity contribution in [3.63, 3.8) is 0 Å². The summed E-state index contributed by atoms with van der Waals surface area (Å²) in [6.07, 6.45) is 2.62. The Kier molecular flexibility index (Phi) is 4.44. The highest BCUT2D eigenvalue weighted by atomic mass is 32.1. The second-order valence-electron chi connectivity index (χ2n) is 2.29. The summed E-state index contributed by atoms with van der Waals surface area (Å²) in [4.78, 5) is 4.14. The molecule has 2 aromatic rings. The van der Waals surface area contributed by atoms with Crippen molar-refractivity contribution in [2.45, 2.75) is 0 Å². The molecular weight excluding hydrogens is 194 g/mol. The number of rotatable bonds is 2. The first-order valence-corrected chi connectivity index (χ1v) is 4.92. The molecule has 0 aliphatic heterocycles. The van der Waals surface area contributed by atoms with Gasteiger partial charge in [-0.15, -0.1) is 11.3 Å². The van der Waals surface area contributed by atoms with Crippen LogP contribution in [-0.4, -0.2) is 4.98 Å². The van der Waals surface area contributed by atoms with E-state index in [2.05, 4.69) is 28.9 Å². The summed E-state index contributed by atoms with van der Waals surface area (Å²) in [5.74, 6) is 0. The molecule has 0 spiro atoms. The average molecular weight is 205 g/mol. The number of para-hydroxylation sites is 1. The van der Waals surface area contributed by atoms with Gasteiger partial charge in [0, 0.05) is 0 Å². The highest BCUT2D eigenvalue weighted by Gasteiger charge is 1.89. The molecule has 3 heteroatoms. The van der Waals surface area contributed by atoms with Crippen LogP contribution >= 0.6 is 11.3 Å². The van der Waals surface area contributed by atoms with Gasteiger partial charge in [-0.2, -0.15) is 0 Å². The van der Waals surface area contributed by atoms with Gasteiger partial charge in [-0.1, -0.05) is 25.3 Å². The van der Waals surface area contributed by atoms with Gasteiger partial charge in [0.2, 0.25) is 0 Å². The van der Waals surface area contributed by atoms with Crippen LogP contribution in [-0.2, 0) is 4.74 Å². The zero-order valence-electron chi connectivity index (χ0n) is 7.72. The van der Waals surface area contributed by atoms with Gasteiger partial charge >= 0.3 is 0 Å². The van der Waals surface area contributed by atoms with Gasteiger partial charge in [0.1, 0.15) is 0 Å². The third kappa shape index (κ3) is 3.03. The van der Waals surface area contributed by atoms with E-state index in [1.165, 1.54) is 17.2 Å². The van der Waals surface area contributed by atoms with E-state index in [0.29, 0.717) is 0 Å².